The van der Waals surface area contributed by atoms with Gasteiger partial charge in [0.15, 0.2) is 5.57 Å². The van der Waals surface area contributed by atoms with E-state index in [2.05, 4.69) is 0 Å². The average molecular weight is 346 g/mol. The summed E-state index contributed by atoms with van der Waals surface area (Å²) >= 11 is 1.15. The van der Waals surface area contributed by atoms with Crippen molar-refractivity contribution in [2.45, 2.75) is 26.4 Å². The zero-order valence-electron chi connectivity index (χ0n) is 14.0. The van der Waals surface area contributed by atoms with Gasteiger partial charge >= 0.3 is 5.97 Å². The lowest BCUT2D eigenvalue weighted by molar-refractivity contribution is -0.149. The molecule has 0 spiro atoms. The maximum atomic E-state index is 12.3. The number of carbonyl (C=O) groups is 2. The zero-order chi connectivity index (χ0) is 17.9. The Kier molecular flexibility index (Phi) is 5.20. The highest BCUT2D eigenvalue weighted by atomic mass is 32.2. The molecule has 1 aromatic carbocycles. The van der Waals surface area contributed by atoms with Crippen LogP contribution in [0.5, 0.6) is 5.75 Å². The lowest BCUT2D eigenvalue weighted by Crippen LogP contribution is -2.28. The molecular formula is C17H18N2O4S. The molecule has 1 heterocycles. The molecule has 24 heavy (non-hydrogen) atoms. The number of ether oxygens (including phenoxy) is 2. The second-order valence-electron chi connectivity index (χ2n) is 6.01. The van der Waals surface area contributed by atoms with Crippen LogP contribution in [-0.4, -0.2) is 30.3 Å². The summed E-state index contributed by atoms with van der Waals surface area (Å²) in [5.74, 6) is -0.122. The van der Waals surface area contributed by atoms with E-state index in [0.717, 1.165) is 11.8 Å². The number of esters is 1. The van der Waals surface area contributed by atoms with Crippen molar-refractivity contribution in [1.82, 2.24) is 0 Å². The van der Waals surface area contributed by atoms with Crippen LogP contribution >= 0.6 is 11.8 Å². The van der Waals surface area contributed by atoms with Crippen molar-refractivity contribution in [2.24, 2.45) is 0 Å². The van der Waals surface area contributed by atoms with Crippen LogP contribution in [0.25, 0.3) is 0 Å². The summed E-state index contributed by atoms with van der Waals surface area (Å²) < 4.78 is 10.4. The summed E-state index contributed by atoms with van der Waals surface area (Å²) in [5, 5.41) is 9.70. The Bertz CT molecular complexity index is 726. The minimum Gasteiger partial charge on any atom is -0.497 e. The first-order chi connectivity index (χ1) is 11.3. The fourth-order valence-corrected chi connectivity index (χ4v) is 3.06. The second-order valence-corrected chi connectivity index (χ2v) is 6.97. The molecular weight excluding hydrogens is 328 g/mol. The van der Waals surface area contributed by atoms with Crippen LogP contribution in [0.1, 0.15) is 20.8 Å². The van der Waals surface area contributed by atoms with Crippen molar-refractivity contribution >= 4 is 29.3 Å². The second kappa shape index (κ2) is 6.97. The van der Waals surface area contributed by atoms with Gasteiger partial charge in [0.1, 0.15) is 22.4 Å². The Morgan fingerprint density at radius 3 is 2.42 bits per heavy atom. The van der Waals surface area contributed by atoms with Gasteiger partial charge in [-0.15, -0.1) is 0 Å². The van der Waals surface area contributed by atoms with Gasteiger partial charge in [0, 0.05) is 5.69 Å². The van der Waals surface area contributed by atoms with E-state index in [0.29, 0.717) is 16.5 Å². The normalized spacial score (nSPS) is 16.6. The largest absolute Gasteiger partial charge is 0.497 e. The summed E-state index contributed by atoms with van der Waals surface area (Å²) in [5.41, 5.74) is -0.327. The van der Waals surface area contributed by atoms with Crippen molar-refractivity contribution in [1.29, 1.82) is 5.26 Å². The number of anilines is 1. The molecule has 0 bridgehead atoms. The minimum atomic E-state index is -0.735. The first-order valence-corrected chi connectivity index (χ1v) is 8.23. The number of nitrogens with zero attached hydrogens (tertiary/aromatic N) is 2. The number of hydrogen-bond acceptors (Lipinski definition) is 6. The van der Waals surface area contributed by atoms with Crippen LogP contribution in [-0.2, 0) is 14.3 Å². The van der Waals surface area contributed by atoms with E-state index < -0.39 is 11.6 Å². The topological polar surface area (TPSA) is 79.6 Å². The molecule has 2 rings (SSSR count). The lowest BCUT2D eigenvalue weighted by Gasteiger charge is -2.21. The number of rotatable bonds is 3. The van der Waals surface area contributed by atoms with Gasteiger partial charge in [-0.3, -0.25) is 9.69 Å². The first-order valence-electron chi connectivity index (χ1n) is 7.24. The van der Waals surface area contributed by atoms with Gasteiger partial charge in [0.2, 0.25) is 5.91 Å². The number of nitriles is 1. The molecule has 0 atom stereocenters. The molecule has 1 aliphatic heterocycles. The number of hydrogen-bond donors (Lipinski definition) is 0. The van der Waals surface area contributed by atoms with Crippen molar-refractivity contribution in [3.63, 3.8) is 0 Å². The quantitative estimate of drug-likeness (QED) is 0.476. The van der Waals surface area contributed by atoms with E-state index in [1.54, 1.807) is 52.1 Å². The molecule has 1 saturated heterocycles. The predicted molar refractivity (Wildman–Crippen MR) is 91.4 cm³/mol. The Morgan fingerprint density at radius 2 is 1.92 bits per heavy atom. The molecule has 1 aliphatic rings. The highest BCUT2D eigenvalue weighted by molar-refractivity contribution is 8.04. The van der Waals surface area contributed by atoms with Crippen LogP contribution < -0.4 is 9.64 Å². The van der Waals surface area contributed by atoms with Crippen LogP contribution in [0.15, 0.2) is 34.9 Å². The molecule has 0 aliphatic carbocycles. The fourth-order valence-electron chi connectivity index (χ4n) is 2.06. The van der Waals surface area contributed by atoms with Gasteiger partial charge in [-0.1, -0.05) is 11.8 Å². The molecule has 126 valence electrons. The molecule has 6 nitrogen and oxygen atoms in total. The van der Waals surface area contributed by atoms with E-state index in [9.17, 15) is 14.9 Å². The van der Waals surface area contributed by atoms with E-state index in [1.807, 2.05) is 6.07 Å². The molecule has 1 fully saturated rings. The monoisotopic (exact) mass is 346 g/mol. The number of carbonyl (C=O) groups excluding carboxylic acids is 2. The van der Waals surface area contributed by atoms with Gasteiger partial charge in [0.25, 0.3) is 0 Å². The molecule has 7 heteroatoms. The zero-order valence-corrected chi connectivity index (χ0v) is 14.8. The van der Waals surface area contributed by atoms with Gasteiger partial charge in [-0.05, 0) is 45.0 Å². The summed E-state index contributed by atoms with van der Waals surface area (Å²) in [4.78, 5) is 25.9. The first kappa shape index (κ1) is 17.9. The van der Waals surface area contributed by atoms with Crippen molar-refractivity contribution in [3.05, 3.63) is 34.9 Å². The van der Waals surface area contributed by atoms with E-state index in [4.69, 9.17) is 9.47 Å². The average Bonchev–Trinajstić information content (AvgIpc) is 2.88. The van der Waals surface area contributed by atoms with E-state index >= 15 is 0 Å². The third kappa shape index (κ3) is 3.89. The molecule has 1 aromatic rings. The summed E-state index contributed by atoms with van der Waals surface area (Å²) in [6.45, 7) is 5.16. The molecule has 0 N–H and O–H groups in total. The highest BCUT2D eigenvalue weighted by Crippen LogP contribution is 2.37. The van der Waals surface area contributed by atoms with Crippen LogP contribution in [0.2, 0.25) is 0 Å². The van der Waals surface area contributed by atoms with Crippen molar-refractivity contribution in [2.75, 3.05) is 17.8 Å². The smallest absolute Gasteiger partial charge is 0.352 e. The number of benzene rings is 1. The minimum absolute atomic E-state index is 0.162. The molecule has 0 unspecified atom stereocenters. The standard InChI is InChI=1S/C17H18N2O4S/c1-17(2,3)23-16(21)13(9-18)15-19(14(20)10-24-15)11-5-7-12(22-4)8-6-11/h5-8H,10H2,1-4H3/b15-13+. The Morgan fingerprint density at radius 1 is 1.29 bits per heavy atom. The Labute approximate surface area is 145 Å². The van der Waals surface area contributed by atoms with Crippen molar-refractivity contribution < 1.29 is 19.1 Å². The Balaban J connectivity index is 2.43. The molecule has 0 saturated carbocycles. The lowest BCUT2D eigenvalue weighted by atomic mass is 10.2. The molecule has 0 aromatic heterocycles. The summed E-state index contributed by atoms with van der Waals surface area (Å²) in [6, 6.07) is 8.70. The maximum absolute atomic E-state index is 12.3. The molecule has 1 amide bonds. The summed E-state index contributed by atoms with van der Waals surface area (Å²) in [7, 11) is 1.55. The van der Waals surface area contributed by atoms with Gasteiger partial charge in [-0.25, -0.2) is 4.79 Å². The maximum Gasteiger partial charge on any atom is 0.352 e. The fraction of sp³-hybridized carbons (Fsp3) is 0.353. The summed E-state index contributed by atoms with van der Waals surface area (Å²) in [6.07, 6.45) is 0. The molecule has 0 radical (unpaired) electrons. The predicted octanol–water partition coefficient (Wildman–Crippen LogP) is 2.85. The van der Waals surface area contributed by atoms with E-state index in [1.165, 1.54) is 4.90 Å². The third-order valence-corrected chi connectivity index (χ3v) is 4.10. The van der Waals surface area contributed by atoms with Crippen LogP contribution in [0, 0.1) is 11.3 Å². The van der Waals surface area contributed by atoms with Gasteiger partial charge < -0.3 is 9.47 Å². The van der Waals surface area contributed by atoms with Crippen LogP contribution in [0.3, 0.4) is 0 Å². The highest BCUT2D eigenvalue weighted by Gasteiger charge is 2.34. The third-order valence-electron chi connectivity index (χ3n) is 3.04. The van der Waals surface area contributed by atoms with Gasteiger partial charge in [0.05, 0.1) is 12.9 Å². The van der Waals surface area contributed by atoms with Crippen LogP contribution in [0.4, 0.5) is 5.69 Å². The number of amides is 1. The number of thioether (sulfide) groups is 1. The number of methoxy groups -OCH3 is 1. The van der Waals surface area contributed by atoms with Crippen molar-refractivity contribution in [3.8, 4) is 11.8 Å². The SMILES string of the molecule is COc1ccc(N2C(=O)CS/C2=C(\C#N)C(=O)OC(C)(C)C)cc1. The van der Waals surface area contributed by atoms with Gasteiger partial charge in [-0.2, -0.15) is 5.26 Å². The Hall–Kier alpha value is -2.46. The van der Waals surface area contributed by atoms with E-state index in [-0.39, 0.29) is 17.2 Å².